The molecule has 5 N–H and O–H groups in total. The molecule has 0 fully saturated rings. The molecule has 0 aliphatic carbocycles. The van der Waals surface area contributed by atoms with Crippen LogP contribution in [0.3, 0.4) is 0 Å². The van der Waals surface area contributed by atoms with Crippen LogP contribution < -0.4 is 10.4 Å². The predicted molar refractivity (Wildman–Crippen MR) is 107 cm³/mol. The quantitative estimate of drug-likeness (QED) is 0.389. The molecule has 0 aromatic heterocycles. The zero-order chi connectivity index (χ0) is 20.8. The zero-order valence-corrected chi connectivity index (χ0v) is 16.7. The second-order valence-electron chi connectivity index (χ2n) is 6.39. The number of hydrogen-bond donors (Lipinski definition) is 5. The van der Waals surface area contributed by atoms with Gasteiger partial charge < -0.3 is 20.6 Å². The second kappa shape index (κ2) is 9.95. The highest BCUT2D eigenvalue weighted by atomic mass is 35.5. The number of rotatable bonds is 9. The molecule has 9 heteroatoms. The summed E-state index contributed by atoms with van der Waals surface area (Å²) in [6.07, 6.45) is -0.189. The van der Waals surface area contributed by atoms with Crippen molar-refractivity contribution in [2.24, 2.45) is 0 Å². The van der Waals surface area contributed by atoms with Crippen LogP contribution in [0, 0.1) is 0 Å². The summed E-state index contributed by atoms with van der Waals surface area (Å²) in [6, 6.07) is 9.34. The van der Waals surface area contributed by atoms with Crippen molar-refractivity contribution in [1.29, 1.82) is 0 Å². The molecule has 0 saturated carbocycles. The van der Waals surface area contributed by atoms with Gasteiger partial charge in [0.05, 0.1) is 16.1 Å². The van der Waals surface area contributed by atoms with E-state index in [1.165, 1.54) is 12.1 Å². The fourth-order valence-corrected chi connectivity index (χ4v) is 3.46. The van der Waals surface area contributed by atoms with Gasteiger partial charge >= 0.3 is 5.97 Å². The van der Waals surface area contributed by atoms with Crippen LogP contribution in [0.2, 0.25) is 10.0 Å². The predicted octanol–water partition coefficient (Wildman–Crippen LogP) is 3.23. The fraction of sp³-hybridized carbons (Fsp3) is 0.316. The molecule has 152 valence electrons. The van der Waals surface area contributed by atoms with E-state index >= 15 is 0 Å². The lowest BCUT2D eigenvalue weighted by molar-refractivity contribution is -0.136. The summed E-state index contributed by atoms with van der Waals surface area (Å²) in [5, 5.41) is 42.2. The second-order valence-corrected chi connectivity index (χ2v) is 7.20. The number of hydroxylamine groups is 1. The first-order valence-corrected chi connectivity index (χ1v) is 9.31. The molecule has 2 rings (SSSR count). The minimum Gasteiger partial charge on any atom is -0.508 e. The summed E-state index contributed by atoms with van der Waals surface area (Å²) in [7, 11) is 0. The van der Waals surface area contributed by atoms with Crippen molar-refractivity contribution in [2.75, 3.05) is 18.2 Å². The number of aromatic hydroxyl groups is 1. The normalized spacial score (nSPS) is 13.2. The number of benzene rings is 2. The molecule has 28 heavy (non-hydrogen) atoms. The molecule has 2 aromatic carbocycles. The van der Waals surface area contributed by atoms with Crippen LogP contribution in [-0.4, -0.2) is 45.6 Å². The highest BCUT2D eigenvalue weighted by Gasteiger charge is 2.18. The van der Waals surface area contributed by atoms with Crippen molar-refractivity contribution in [3.63, 3.8) is 0 Å². The lowest BCUT2D eigenvalue weighted by atomic mass is 10.0. The van der Waals surface area contributed by atoms with E-state index in [2.05, 4.69) is 5.32 Å². The van der Waals surface area contributed by atoms with E-state index in [4.69, 9.17) is 28.3 Å². The van der Waals surface area contributed by atoms with E-state index in [-0.39, 0.29) is 27.5 Å². The van der Waals surface area contributed by atoms with Crippen molar-refractivity contribution in [1.82, 2.24) is 5.32 Å². The number of phenolic OH excluding ortho intramolecular Hbond substituents is 1. The van der Waals surface area contributed by atoms with Gasteiger partial charge in [-0.2, -0.15) is 0 Å². The SMILES string of the molecule is CC(NCCc1cc(Cl)c(N(O)CC(=O)O)c(Cl)c1)C(O)c1ccc(O)cc1. The van der Waals surface area contributed by atoms with E-state index in [9.17, 15) is 20.2 Å². The molecule has 7 nitrogen and oxygen atoms in total. The van der Waals surface area contributed by atoms with Gasteiger partial charge in [0.15, 0.2) is 0 Å². The Morgan fingerprint density at radius 3 is 2.29 bits per heavy atom. The maximum absolute atomic E-state index is 10.7. The molecular formula is C19H22Cl2N2O5. The van der Waals surface area contributed by atoms with E-state index in [0.29, 0.717) is 23.6 Å². The maximum Gasteiger partial charge on any atom is 0.325 e. The Hall–Kier alpha value is -2.03. The number of nitrogens with one attached hydrogen (secondary N) is 1. The zero-order valence-electron chi connectivity index (χ0n) is 15.1. The Bertz CT molecular complexity index is 793. The lowest BCUT2D eigenvalue weighted by Crippen LogP contribution is -2.33. The molecule has 2 aromatic rings. The number of phenols is 1. The molecule has 2 atom stereocenters. The van der Waals surface area contributed by atoms with Gasteiger partial charge in [0.2, 0.25) is 0 Å². The van der Waals surface area contributed by atoms with E-state index in [1.54, 1.807) is 24.3 Å². The summed E-state index contributed by atoms with van der Waals surface area (Å²) < 4.78 is 0. The summed E-state index contributed by atoms with van der Waals surface area (Å²) >= 11 is 12.3. The number of aliphatic hydroxyl groups excluding tert-OH is 1. The first-order chi connectivity index (χ1) is 13.2. The average molecular weight is 429 g/mol. The Balaban J connectivity index is 1.95. The van der Waals surface area contributed by atoms with Crippen LogP contribution in [0.1, 0.15) is 24.2 Å². The minimum absolute atomic E-state index is 0.0403. The molecule has 0 aliphatic heterocycles. The fourth-order valence-electron chi connectivity index (χ4n) is 2.73. The van der Waals surface area contributed by atoms with Gasteiger partial charge in [-0.3, -0.25) is 10.0 Å². The molecule has 0 spiro atoms. The number of nitrogens with zero attached hydrogens (tertiary/aromatic N) is 1. The minimum atomic E-state index is -1.22. The van der Waals surface area contributed by atoms with Gasteiger partial charge in [-0.05, 0) is 55.3 Å². The van der Waals surface area contributed by atoms with Crippen LogP contribution in [0.5, 0.6) is 5.75 Å². The number of aliphatic hydroxyl groups is 1. The van der Waals surface area contributed by atoms with Crippen molar-refractivity contribution >= 4 is 34.9 Å². The smallest absolute Gasteiger partial charge is 0.325 e. The van der Waals surface area contributed by atoms with Gasteiger partial charge in [-0.1, -0.05) is 35.3 Å². The Morgan fingerprint density at radius 1 is 1.18 bits per heavy atom. The molecule has 0 heterocycles. The van der Waals surface area contributed by atoms with Crippen LogP contribution >= 0.6 is 23.2 Å². The van der Waals surface area contributed by atoms with Gasteiger partial charge in [-0.15, -0.1) is 0 Å². The molecule has 2 unspecified atom stereocenters. The summed E-state index contributed by atoms with van der Waals surface area (Å²) in [5.74, 6) is -1.08. The number of carboxylic acid groups (broad SMARTS) is 1. The Labute approximate surface area is 172 Å². The van der Waals surface area contributed by atoms with Crippen LogP contribution in [0.4, 0.5) is 5.69 Å². The number of hydrogen-bond acceptors (Lipinski definition) is 6. The topological polar surface area (TPSA) is 113 Å². The van der Waals surface area contributed by atoms with Crippen LogP contribution in [0.15, 0.2) is 36.4 Å². The number of aliphatic carboxylic acids is 1. The highest BCUT2D eigenvalue weighted by Crippen LogP contribution is 2.34. The third kappa shape index (κ3) is 5.98. The summed E-state index contributed by atoms with van der Waals surface area (Å²) in [4.78, 5) is 10.7. The molecule has 0 bridgehead atoms. The van der Waals surface area contributed by atoms with Crippen LogP contribution in [-0.2, 0) is 11.2 Å². The lowest BCUT2D eigenvalue weighted by Gasteiger charge is -2.21. The third-order valence-corrected chi connectivity index (χ3v) is 4.78. The molecule has 0 aliphatic rings. The third-order valence-electron chi connectivity index (χ3n) is 4.21. The first-order valence-electron chi connectivity index (χ1n) is 8.55. The number of carboxylic acids is 1. The number of carbonyl (C=O) groups is 1. The van der Waals surface area contributed by atoms with Gasteiger partial charge in [0, 0.05) is 6.04 Å². The van der Waals surface area contributed by atoms with Crippen molar-refractivity contribution in [3.8, 4) is 5.75 Å². The van der Waals surface area contributed by atoms with Gasteiger partial charge in [-0.25, -0.2) is 5.06 Å². The number of halogens is 2. The largest absolute Gasteiger partial charge is 0.508 e. The molecule has 0 saturated heterocycles. The average Bonchev–Trinajstić information content (AvgIpc) is 2.60. The highest BCUT2D eigenvalue weighted by molar-refractivity contribution is 6.39. The van der Waals surface area contributed by atoms with Crippen LogP contribution in [0.25, 0.3) is 0 Å². The van der Waals surface area contributed by atoms with Gasteiger partial charge in [0.1, 0.15) is 18.0 Å². The summed E-state index contributed by atoms with van der Waals surface area (Å²) in [6.45, 7) is 1.73. The Morgan fingerprint density at radius 2 is 1.75 bits per heavy atom. The standard InChI is InChI=1S/C19H22Cl2N2O5/c1-11(19(27)13-2-4-14(24)5-3-13)22-7-6-12-8-15(20)18(16(21)9-12)23(28)10-17(25)26/h2-5,8-9,11,19,22,24,27-28H,6-7,10H2,1H3,(H,25,26). The first kappa shape index (κ1) is 22.3. The molecule has 0 amide bonds. The van der Waals surface area contributed by atoms with Crippen molar-refractivity contribution in [3.05, 3.63) is 57.6 Å². The van der Waals surface area contributed by atoms with E-state index < -0.39 is 18.6 Å². The van der Waals surface area contributed by atoms with Gasteiger partial charge in [0.25, 0.3) is 0 Å². The van der Waals surface area contributed by atoms with E-state index in [0.717, 1.165) is 5.56 Å². The maximum atomic E-state index is 10.7. The molecule has 0 radical (unpaired) electrons. The van der Waals surface area contributed by atoms with E-state index in [1.807, 2.05) is 6.92 Å². The monoisotopic (exact) mass is 428 g/mol. The number of anilines is 1. The molecular weight excluding hydrogens is 407 g/mol. The summed E-state index contributed by atoms with van der Waals surface area (Å²) in [5.41, 5.74) is 1.52. The van der Waals surface area contributed by atoms with Crippen molar-refractivity contribution < 1.29 is 25.3 Å². The van der Waals surface area contributed by atoms with Crippen molar-refractivity contribution in [2.45, 2.75) is 25.5 Å². The Kier molecular flexibility index (Phi) is 7.91.